The first-order valence-electron chi connectivity index (χ1n) is 9.15. The number of amides is 1. The molecule has 0 aromatic heterocycles. The zero-order valence-electron chi connectivity index (χ0n) is 15.2. The van der Waals surface area contributed by atoms with Crippen molar-refractivity contribution in [3.05, 3.63) is 77.5 Å². The number of allylic oxidation sites excluding steroid dienone is 2. The van der Waals surface area contributed by atoms with Crippen LogP contribution in [0.25, 0.3) is 0 Å². The molecule has 1 amide bonds. The van der Waals surface area contributed by atoms with Crippen molar-refractivity contribution in [2.24, 2.45) is 5.41 Å². The van der Waals surface area contributed by atoms with E-state index in [1.807, 2.05) is 60.7 Å². The minimum absolute atomic E-state index is 0.0642. The van der Waals surface area contributed by atoms with E-state index in [0.29, 0.717) is 12.8 Å². The summed E-state index contributed by atoms with van der Waals surface area (Å²) in [6.07, 6.45) is 1.61. The summed E-state index contributed by atoms with van der Waals surface area (Å²) in [6.45, 7) is 4.21. The molecule has 0 spiro atoms. The van der Waals surface area contributed by atoms with Gasteiger partial charge in [0.05, 0.1) is 0 Å². The molecule has 0 saturated carbocycles. The van der Waals surface area contributed by atoms with E-state index in [2.05, 4.69) is 13.8 Å². The lowest BCUT2D eigenvalue weighted by Crippen LogP contribution is -2.43. The summed E-state index contributed by atoms with van der Waals surface area (Å²) in [7, 11) is 0. The number of hydrogen-bond donors (Lipinski definition) is 0. The minimum atomic E-state index is -0.137. The molecule has 0 saturated heterocycles. The number of Topliss-reactive ketones (excluding diaryl/α,β-unsaturated/α-hetero) is 1. The SMILES string of the molecule is CC1(C)CC(=O)C2=C(C1)N(c1ccccc1)C(=O)C[C@H]2c1ccccc1. The molecule has 26 heavy (non-hydrogen) atoms. The van der Waals surface area contributed by atoms with Crippen LogP contribution in [0, 0.1) is 5.41 Å². The third-order valence-corrected chi connectivity index (χ3v) is 5.36. The summed E-state index contributed by atoms with van der Waals surface area (Å²) in [4.78, 5) is 28.0. The van der Waals surface area contributed by atoms with Crippen LogP contribution >= 0.6 is 0 Å². The molecule has 1 aliphatic heterocycles. The number of anilines is 1. The molecule has 4 rings (SSSR count). The van der Waals surface area contributed by atoms with Crippen molar-refractivity contribution in [1.29, 1.82) is 0 Å². The van der Waals surface area contributed by atoms with E-state index in [-0.39, 0.29) is 23.0 Å². The van der Waals surface area contributed by atoms with Crippen LogP contribution < -0.4 is 4.90 Å². The number of para-hydroxylation sites is 1. The van der Waals surface area contributed by atoms with Crippen molar-refractivity contribution < 1.29 is 9.59 Å². The predicted octanol–water partition coefficient (Wildman–Crippen LogP) is 4.85. The molecule has 1 atom stereocenters. The van der Waals surface area contributed by atoms with E-state index in [9.17, 15) is 9.59 Å². The Bertz CT molecular complexity index is 881. The summed E-state index contributed by atoms with van der Waals surface area (Å²) in [6, 6.07) is 19.6. The van der Waals surface area contributed by atoms with Gasteiger partial charge in [0.1, 0.15) is 0 Å². The fourth-order valence-corrected chi connectivity index (χ4v) is 4.26. The standard InChI is InChI=1S/C23H23NO2/c1-23(2)14-19-22(20(25)15-23)18(16-9-5-3-6-10-16)13-21(26)24(19)17-11-7-4-8-12-17/h3-12,18H,13-15H2,1-2H3/t18-/m0/s1. The molecule has 3 nitrogen and oxygen atoms in total. The fourth-order valence-electron chi connectivity index (χ4n) is 4.26. The maximum Gasteiger partial charge on any atom is 0.232 e. The molecular weight excluding hydrogens is 322 g/mol. The van der Waals surface area contributed by atoms with Gasteiger partial charge in [-0.05, 0) is 29.5 Å². The number of nitrogens with zero attached hydrogens (tertiary/aromatic N) is 1. The van der Waals surface area contributed by atoms with E-state index < -0.39 is 0 Å². The van der Waals surface area contributed by atoms with Gasteiger partial charge in [0.2, 0.25) is 5.91 Å². The average Bonchev–Trinajstić information content (AvgIpc) is 2.61. The normalized spacial score (nSPS) is 22.4. The molecule has 0 fully saturated rings. The van der Waals surface area contributed by atoms with Crippen LogP contribution in [-0.4, -0.2) is 11.7 Å². The van der Waals surface area contributed by atoms with Crippen molar-refractivity contribution in [3.63, 3.8) is 0 Å². The summed E-state index contributed by atoms with van der Waals surface area (Å²) in [5.41, 5.74) is 3.49. The first-order chi connectivity index (χ1) is 12.5. The van der Waals surface area contributed by atoms with Crippen molar-refractivity contribution in [2.45, 2.75) is 39.0 Å². The van der Waals surface area contributed by atoms with Gasteiger partial charge in [-0.25, -0.2) is 0 Å². The second-order valence-corrected chi connectivity index (χ2v) is 8.03. The Morgan fingerprint density at radius 1 is 0.885 bits per heavy atom. The molecule has 1 heterocycles. The lowest BCUT2D eigenvalue weighted by Gasteiger charge is -2.43. The molecule has 2 aromatic rings. The Labute approximate surface area is 154 Å². The van der Waals surface area contributed by atoms with Gasteiger partial charge in [-0.2, -0.15) is 0 Å². The Balaban J connectivity index is 1.90. The van der Waals surface area contributed by atoms with E-state index in [1.165, 1.54) is 0 Å². The van der Waals surface area contributed by atoms with Gasteiger partial charge >= 0.3 is 0 Å². The first kappa shape index (κ1) is 16.8. The largest absolute Gasteiger partial charge is 0.294 e. The molecule has 0 N–H and O–H groups in total. The van der Waals surface area contributed by atoms with Crippen LogP contribution in [0.15, 0.2) is 71.9 Å². The summed E-state index contributed by atoms with van der Waals surface area (Å²) < 4.78 is 0. The number of hydrogen-bond acceptors (Lipinski definition) is 2. The zero-order chi connectivity index (χ0) is 18.3. The van der Waals surface area contributed by atoms with Crippen LogP contribution in [0.4, 0.5) is 5.69 Å². The second-order valence-electron chi connectivity index (χ2n) is 8.03. The Hall–Kier alpha value is -2.68. The third kappa shape index (κ3) is 2.88. The van der Waals surface area contributed by atoms with Crippen LogP contribution in [-0.2, 0) is 9.59 Å². The quantitative estimate of drug-likeness (QED) is 0.780. The maximum absolute atomic E-state index is 13.1. The Morgan fingerprint density at radius 2 is 1.50 bits per heavy atom. The highest BCUT2D eigenvalue weighted by molar-refractivity contribution is 6.07. The van der Waals surface area contributed by atoms with Crippen molar-refractivity contribution >= 4 is 17.4 Å². The zero-order valence-corrected chi connectivity index (χ0v) is 15.2. The Morgan fingerprint density at radius 3 is 2.15 bits per heavy atom. The molecule has 0 bridgehead atoms. The molecule has 2 aliphatic rings. The number of rotatable bonds is 2. The van der Waals surface area contributed by atoms with Gasteiger partial charge < -0.3 is 0 Å². The highest BCUT2D eigenvalue weighted by atomic mass is 16.2. The van der Waals surface area contributed by atoms with Crippen LogP contribution in [0.3, 0.4) is 0 Å². The summed E-state index contributed by atoms with van der Waals surface area (Å²) in [5.74, 6) is 0.107. The van der Waals surface area contributed by atoms with Gasteiger partial charge in [0, 0.05) is 35.7 Å². The molecule has 132 valence electrons. The van der Waals surface area contributed by atoms with Crippen molar-refractivity contribution in [1.82, 2.24) is 0 Å². The molecule has 0 unspecified atom stereocenters. The lowest BCUT2D eigenvalue weighted by molar-refractivity contribution is -0.121. The topological polar surface area (TPSA) is 37.4 Å². The maximum atomic E-state index is 13.1. The number of carbonyl (C=O) groups is 2. The van der Waals surface area contributed by atoms with E-state index in [1.54, 1.807) is 4.90 Å². The molecule has 2 aromatic carbocycles. The van der Waals surface area contributed by atoms with Gasteiger partial charge in [-0.15, -0.1) is 0 Å². The second kappa shape index (κ2) is 6.24. The molecular formula is C23H23NO2. The smallest absolute Gasteiger partial charge is 0.232 e. The van der Waals surface area contributed by atoms with Crippen molar-refractivity contribution in [3.8, 4) is 0 Å². The van der Waals surface area contributed by atoms with Crippen LogP contribution in [0.2, 0.25) is 0 Å². The molecule has 1 aliphatic carbocycles. The molecule has 3 heteroatoms. The molecule has 0 radical (unpaired) electrons. The van der Waals surface area contributed by atoms with Crippen LogP contribution in [0.5, 0.6) is 0 Å². The Kier molecular flexibility index (Phi) is 4.03. The van der Waals surface area contributed by atoms with Gasteiger partial charge in [0.15, 0.2) is 5.78 Å². The predicted molar refractivity (Wildman–Crippen MR) is 103 cm³/mol. The van der Waals surface area contributed by atoms with E-state index in [0.717, 1.165) is 28.9 Å². The van der Waals surface area contributed by atoms with E-state index >= 15 is 0 Å². The number of ketones is 1. The monoisotopic (exact) mass is 345 g/mol. The average molecular weight is 345 g/mol. The highest BCUT2D eigenvalue weighted by Crippen LogP contribution is 2.47. The minimum Gasteiger partial charge on any atom is -0.294 e. The lowest BCUT2D eigenvalue weighted by atomic mass is 9.69. The fraction of sp³-hybridized carbons (Fsp3) is 0.304. The van der Waals surface area contributed by atoms with Gasteiger partial charge in [-0.3, -0.25) is 14.5 Å². The number of carbonyl (C=O) groups excluding carboxylic acids is 2. The third-order valence-electron chi connectivity index (χ3n) is 5.36. The van der Waals surface area contributed by atoms with E-state index in [4.69, 9.17) is 0 Å². The van der Waals surface area contributed by atoms with Gasteiger partial charge in [0.25, 0.3) is 0 Å². The van der Waals surface area contributed by atoms with Crippen LogP contribution in [0.1, 0.15) is 44.6 Å². The highest BCUT2D eigenvalue weighted by Gasteiger charge is 2.44. The van der Waals surface area contributed by atoms with Gasteiger partial charge in [-0.1, -0.05) is 62.4 Å². The summed E-state index contributed by atoms with van der Waals surface area (Å²) in [5, 5.41) is 0. The number of benzene rings is 2. The first-order valence-corrected chi connectivity index (χ1v) is 9.15. The summed E-state index contributed by atoms with van der Waals surface area (Å²) >= 11 is 0. The van der Waals surface area contributed by atoms with Crippen molar-refractivity contribution in [2.75, 3.05) is 4.90 Å².